The van der Waals surface area contributed by atoms with Crippen LogP contribution in [0.15, 0.2) is 206 Å². The van der Waals surface area contributed by atoms with Crippen molar-refractivity contribution in [3.8, 4) is 44.9 Å². The van der Waals surface area contributed by atoms with E-state index in [0.717, 1.165) is 22.6 Å². The molecule has 0 N–H and O–H groups in total. The SMILES string of the molecule is c1ccc(C2(c3ccccc3)c3ccccc3Oc3ccc(-c4cccc5c4C4(c6ccccc6-5)c5ccccc5-c5ccc6ccccc6c54)cc32)cc1. The summed E-state index contributed by atoms with van der Waals surface area (Å²) in [5.41, 5.74) is 16.6. The van der Waals surface area contributed by atoms with E-state index in [1.807, 2.05) is 0 Å². The highest BCUT2D eigenvalue weighted by Crippen LogP contribution is 2.66. The number of benzene rings is 9. The molecule has 1 spiro atoms. The molecule has 2 aliphatic carbocycles. The van der Waals surface area contributed by atoms with Crippen molar-refractivity contribution in [1.29, 1.82) is 0 Å². The number of hydrogen-bond acceptors (Lipinski definition) is 1. The fourth-order valence-corrected chi connectivity index (χ4v) is 10.6. The van der Waals surface area contributed by atoms with Crippen LogP contribution in [0.25, 0.3) is 44.2 Å². The first kappa shape index (κ1) is 30.5. The number of para-hydroxylation sites is 1. The molecule has 0 saturated carbocycles. The molecule has 0 bridgehead atoms. The van der Waals surface area contributed by atoms with E-state index >= 15 is 0 Å². The highest BCUT2D eigenvalue weighted by molar-refractivity contribution is 6.05. The molecule has 0 amide bonds. The van der Waals surface area contributed by atoms with Crippen LogP contribution in [0.1, 0.15) is 44.5 Å². The highest BCUT2D eigenvalue weighted by Gasteiger charge is 2.54. The van der Waals surface area contributed by atoms with Crippen molar-refractivity contribution in [3.05, 3.63) is 251 Å². The van der Waals surface area contributed by atoms with Crippen molar-refractivity contribution < 1.29 is 4.74 Å². The van der Waals surface area contributed by atoms with Crippen molar-refractivity contribution in [2.75, 3.05) is 0 Å². The number of ether oxygens (including phenoxy) is 1. The molecule has 1 atom stereocenters. The van der Waals surface area contributed by atoms with Gasteiger partial charge in [-0.15, -0.1) is 0 Å². The Morgan fingerprint density at radius 3 is 1.58 bits per heavy atom. The van der Waals surface area contributed by atoms with Crippen LogP contribution in [0.3, 0.4) is 0 Å². The third-order valence-corrected chi connectivity index (χ3v) is 12.6. The average molecular weight is 699 g/mol. The van der Waals surface area contributed by atoms with Gasteiger partial charge in [-0.1, -0.05) is 188 Å². The molecule has 256 valence electrons. The summed E-state index contributed by atoms with van der Waals surface area (Å²) in [6, 6.07) is 76.2. The lowest BCUT2D eigenvalue weighted by Crippen LogP contribution is -2.34. The third-order valence-electron chi connectivity index (χ3n) is 12.6. The Bertz CT molecular complexity index is 2960. The summed E-state index contributed by atoms with van der Waals surface area (Å²) < 4.78 is 6.84. The summed E-state index contributed by atoms with van der Waals surface area (Å²) in [6.45, 7) is 0. The molecular formula is C54H34O. The Morgan fingerprint density at radius 2 is 0.855 bits per heavy atom. The molecule has 1 unspecified atom stereocenters. The minimum Gasteiger partial charge on any atom is -0.457 e. The predicted octanol–water partition coefficient (Wildman–Crippen LogP) is 13.3. The van der Waals surface area contributed by atoms with Gasteiger partial charge in [0.2, 0.25) is 0 Å². The van der Waals surface area contributed by atoms with Crippen LogP contribution in [0.2, 0.25) is 0 Å². The topological polar surface area (TPSA) is 9.23 Å². The van der Waals surface area contributed by atoms with E-state index in [9.17, 15) is 0 Å². The first-order valence-corrected chi connectivity index (χ1v) is 19.2. The smallest absolute Gasteiger partial charge is 0.132 e. The van der Waals surface area contributed by atoms with E-state index in [-0.39, 0.29) is 0 Å². The molecule has 9 aromatic rings. The molecule has 0 fully saturated rings. The molecule has 0 radical (unpaired) electrons. The maximum atomic E-state index is 6.84. The summed E-state index contributed by atoms with van der Waals surface area (Å²) >= 11 is 0. The number of hydrogen-bond donors (Lipinski definition) is 0. The van der Waals surface area contributed by atoms with Crippen molar-refractivity contribution in [1.82, 2.24) is 0 Å². The molecule has 0 aromatic heterocycles. The average Bonchev–Trinajstić information content (AvgIpc) is 3.74. The van der Waals surface area contributed by atoms with E-state index < -0.39 is 10.8 Å². The largest absolute Gasteiger partial charge is 0.457 e. The van der Waals surface area contributed by atoms with E-state index in [2.05, 4.69) is 206 Å². The zero-order valence-corrected chi connectivity index (χ0v) is 30.0. The molecule has 9 aromatic carbocycles. The molecule has 55 heavy (non-hydrogen) atoms. The fraction of sp³-hybridized carbons (Fsp3) is 0.0370. The molecule has 3 aliphatic rings. The molecule has 1 heteroatoms. The van der Waals surface area contributed by atoms with E-state index in [1.165, 1.54) is 77.5 Å². The van der Waals surface area contributed by atoms with Gasteiger partial charge in [0.05, 0.1) is 10.8 Å². The van der Waals surface area contributed by atoms with Crippen LogP contribution in [-0.2, 0) is 10.8 Å². The van der Waals surface area contributed by atoms with Gasteiger partial charge in [0.25, 0.3) is 0 Å². The van der Waals surface area contributed by atoms with E-state index in [1.54, 1.807) is 0 Å². The second-order valence-electron chi connectivity index (χ2n) is 15.1. The zero-order chi connectivity index (χ0) is 36.1. The summed E-state index contributed by atoms with van der Waals surface area (Å²) in [7, 11) is 0. The predicted molar refractivity (Wildman–Crippen MR) is 224 cm³/mol. The second-order valence-corrected chi connectivity index (χ2v) is 15.1. The lowest BCUT2D eigenvalue weighted by Gasteiger charge is -2.42. The molecule has 0 saturated heterocycles. The summed E-state index contributed by atoms with van der Waals surface area (Å²) in [6.07, 6.45) is 0. The summed E-state index contributed by atoms with van der Waals surface area (Å²) in [4.78, 5) is 0. The second kappa shape index (κ2) is 11.3. The van der Waals surface area contributed by atoms with Gasteiger partial charge in [-0.2, -0.15) is 0 Å². The lowest BCUT2D eigenvalue weighted by atomic mass is 9.63. The molecule has 1 nitrogen and oxygen atoms in total. The van der Waals surface area contributed by atoms with Gasteiger partial charge in [-0.05, 0) is 95.7 Å². The van der Waals surface area contributed by atoms with Gasteiger partial charge < -0.3 is 4.74 Å². The first-order chi connectivity index (χ1) is 27.3. The van der Waals surface area contributed by atoms with Gasteiger partial charge in [0.15, 0.2) is 0 Å². The van der Waals surface area contributed by atoms with Gasteiger partial charge >= 0.3 is 0 Å². The first-order valence-electron chi connectivity index (χ1n) is 19.2. The van der Waals surface area contributed by atoms with Crippen molar-refractivity contribution in [2.45, 2.75) is 10.8 Å². The molecular weight excluding hydrogens is 665 g/mol. The lowest BCUT2D eigenvalue weighted by molar-refractivity contribution is 0.434. The van der Waals surface area contributed by atoms with Crippen LogP contribution in [-0.4, -0.2) is 0 Å². The molecule has 12 rings (SSSR count). The van der Waals surface area contributed by atoms with Crippen molar-refractivity contribution >= 4 is 10.8 Å². The summed E-state index contributed by atoms with van der Waals surface area (Å²) in [5, 5.41) is 2.56. The molecule has 1 heterocycles. The van der Waals surface area contributed by atoms with Crippen LogP contribution < -0.4 is 4.74 Å². The Morgan fingerprint density at radius 1 is 0.309 bits per heavy atom. The Hall–Kier alpha value is -6.96. The van der Waals surface area contributed by atoms with Crippen molar-refractivity contribution in [2.24, 2.45) is 0 Å². The fourth-order valence-electron chi connectivity index (χ4n) is 10.6. The van der Waals surface area contributed by atoms with Gasteiger partial charge in [0.1, 0.15) is 11.5 Å². The minimum absolute atomic E-state index is 0.510. The van der Waals surface area contributed by atoms with Crippen LogP contribution in [0.4, 0.5) is 0 Å². The number of fused-ring (bicyclic) bond motifs is 14. The van der Waals surface area contributed by atoms with Gasteiger partial charge in [0, 0.05) is 11.1 Å². The van der Waals surface area contributed by atoms with Gasteiger partial charge in [-0.3, -0.25) is 0 Å². The Labute approximate surface area is 320 Å². The number of rotatable bonds is 3. The maximum absolute atomic E-state index is 6.84. The highest BCUT2D eigenvalue weighted by atomic mass is 16.5. The minimum atomic E-state index is -0.607. The van der Waals surface area contributed by atoms with Crippen LogP contribution in [0.5, 0.6) is 11.5 Å². The van der Waals surface area contributed by atoms with Gasteiger partial charge in [-0.25, -0.2) is 0 Å². The van der Waals surface area contributed by atoms with Crippen LogP contribution >= 0.6 is 0 Å². The quantitative estimate of drug-likeness (QED) is 0.178. The normalized spacial score (nSPS) is 16.4. The van der Waals surface area contributed by atoms with E-state index in [4.69, 9.17) is 4.74 Å². The summed E-state index contributed by atoms with van der Waals surface area (Å²) in [5.74, 6) is 1.76. The molecule has 1 aliphatic heterocycles. The van der Waals surface area contributed by atoms with Crippen LogP contribution in [0, 0.1) is 0 Å². The maximum Gasteiger partial charge on any atom is 0.132 e. The van der Waals surface area contributed by atoms with E-state index in [0.29, 0.717) is 0 Å². The Balaban J connectivity index is 1.21. The standard InChI is InChI=1S/C54H34O/c1-3-17-37(18-4-1)53(38-19-5-2-6-20-38)47-28-13-14-29-49(47)55-50-33-31-36(34-48(50)53)40-24-15-25-43-41-22-9-11-26-45(41)54(52(40)43)46-27-12-10-23-42(46)44-32-30-35-16-7-8-21-39(35)51(44)54/h1-34H. The zero-order valence-electron chi connectivity index (χ0n) is 30.0. The Kier molecular flexibility index (Phi) is 6.25. The van der Waals surface area contributed by atoms with Crippen molar-refractivity contribution in [3.63, 3.8) is 0 Å². The monoisotopic (exact) mass is 698 g/mol. The third kappa shape index (κ3) is 3.87.